The molecule has 0 aromatic carbocycles. The van der Waals surface area contributed by atoms with Crippen LogP contribution < -0.4 is 0 Å². The number of amides is 1. The van der Waals surface area contributed by atoms with E-state index >= 15 is 0 Å². The van der Waals surface area contributed by atoms with Gasteiger partial charge in [0.25, 0.3) is 5.91 Å². The molecule has 2 atom stereocenters. The summed E-state index contributed by atoms with van der Waals surface area (Å²) in [5, 5.41) is 9.72. The molecule has 5 nitrogen and oxygen atoms in total. The molecule has 0 saturated carbocycles. The molecule has 0 spiro atoms. The number of fused-ring (bicyclic) bond motifs is 1. The van der Waals surface area contributed by atoms with Gasteiger partial charge in [0.1, 0.15) is 10.5 Å². The lowest BCUT2D eigenvalue weighted by molar-refractivity contribution is -0.143. The number of halogens is 3. The van der Waals surface area contributed by atoms with Gasteiger partial charge in [-0.1, -0.05) is 0 Å². The van der Waals surface area contributed by atoms with Crippen LogP contribution in [0.3, 0.4) is 0 Å². The maximum absolute atomic E-state index is 12.9. The number of carboxylic acids is 1. The molecule has 1 N–H and O–H groups in total. The molecule has 26 heavy (non-hydrogen) atoms. The van der Waals surface area contributed by atoms with Gasteiger partial charge in [0.05, 0.1) is 10.8 Å². The Hall–Kier alpha value is -2.16. The molecule has 3 heterocycles. The van der Waals surface area contributed by atoms with E-state index in [1.165, 1.54) is 11.0 Å². The molecule has 2 aromatic rings. The van der Waals surface area contributed by atoms with Crippen molar-refractivity contribution < 1.29 is 27.9 Å². The van der Waals surface area contributed by atoms with Crippen molar-refractivity contribution in [3.8, 4) is 0 Å². The van der Waals surface area contributed by atoms with Gasteiger partial charge in [0, 0.05) is 18.0 Å². The number of aryl methyl sites for hydroxylation is 1. The fourth-order valence-corrected chi connectivity index (χ4v) is 4.32. The highest BCUT2D eigenvalue weighted by Gasteiger charge is 2.35. The number of carbonyl (C=O) groups excluding carboxylic acids is 1. The molecule has 3 rings (SSSR count). The first-order valence-electron chi connectivity index (χ1n) is 8.10. The highest BCUT2D eigenvalue weighted by atomic mass is 32.1. The highest BCUT2D eigenvalue weighted by Crippen LogP contribution is 2.35. The number of rotatable bonds is 2. The smallest absolute Gasteiger partial charge is 0.433 e. The number of likely N-dealkylation sites (tertiary alicyclic amines) is 1. The van der Waals surface area contributed by atoms with Gasteiger partial charge in [0.2, 0.25) is 0 Å². The lowest BCUT2D eigenvalue weighted by atomic mass is 9.93. The molecule has 2 aromatic heterocycles. The van der Waals surface area contributed by atoms with E-state index in [-0.39, 0.29) is 23.3 Å². The molecule has 9 heteroatoms. The number of nitrogens with zero attached hydrogens (tertiary/aromatic N) is 2. The molecule has 1 amide bonds. The monoisotopic (exact) mass is 386 g/mol. The summed E-state index contributed by atoms with van der Waals surface area (Å²) >= 11 is 0.918. The second-order valence-electron chi connectivity index (χ2n) is 6.52. The number of hydrogen-bond donors (Lipinski definition) is 1. The van der Waals surface area contributed by atoms with Crippen LogP contribution in [0.1, 0.15) is 40.7 Å². The van der Waals surface area contributed by atoms with Crippen LogP contribution in [0.2, 0.25) is 0 Å². The average Bonchev–Trinajstić information content (AvgIpc) is 2.90. The Morgan fingerprint density at radius 1 is 1.31 bits per heavy atom. The van der Waals surface area contributed by atoms with Crippen LogP contribution in [0.15, 0.2) is 12.1 Å². The van der Waals surface area contributed by atoms with Gasteiger partial charge < -0.3 is 10.0 Å². The van der Waals surface area contributed by atoms with E-state index in [0.717, 1.165) is 17.4 Å². The summed E-state index contributed by atoms with van der Waals surface area (Å²) in [5.41, 5.74) is -0.427. The third kappa shape index (κ3) is 3.27. The first kappa shape index (κ1) is 18.6. The average molecular weight is 386 g/mol. The lowest BCUT2D eigenvalue weighted by Gasteiger charge is -2.36. The topological polar surface area (TPSA) is 70.5 Å². The van der Waals surface area contributed by atoms with E-state index in [1.54, 1.807) is 6.92 Å². The van der Waals surface area contributed by atoms with Crippen LogP contribution in [-0.4, -0.2) is 39.5 Å². The Bertz CT molecular complexity index is 878. The fraction of sp³-hybridized carbons (Fsp3) is 0.471. The summed E-state index contributed by atoms with van der Waals surface area (Å²) < 4.78 is 38.6. The Morgan fingerprint density at radius 3 is 2.62 bits per heavy atom. The zero-order valence-corrected chi connectivity index (χ0v) is 14.9. The summed E-state index contributed by atoms with van der Waals surface area (Å²) in [7, 11) is 0. The van der Waals surface area contributed by atoms with Gasteiger partial charge in [-0.25, -0.2) is 4.98 Å². The molecular weight excluding hydrogens is 369 g/mol. The van der Waals surface area contributed by atoms with Crippen molar-refractivity contribution in [1.82, 2.24) is 9.88 Å². The number of carboxylic acid groups (broad SMARTS) is 1. The number of hydrogen-bond acceptors (Lipinski definition) is 4. The van der Waals surface area contributed by atoms with Crippen LogP contribution in [0, 0.1) is 12.8 Å². The summed E-state index contributed by atoms with van der Waals surface area (Å²) in [6.45, 7) is 3.62. The second kappa shape index (κ2) is 6.53. The van der Waals surface area contributed by atoms with Gasteiger partial charge >= 0.3 is 12.1 Å². The third-order valence-corrected chi connectivity index (χ3v) is 5.97. The van der Waals surface area contributed by atoms with Gasteiger partial charge in [-0.2, -0.15) is 13.2 Å². The van der Waals surface area contributed by atoms with E-state index in [1.807, 2.05) is 6.92 Å². The van der Waals surface area contributed by atoms with Crippen LogP contribution in [0.4, 0.5) is 13.2 Å². The van der Waals surface area contributed by atoms with Crippen molar-refractivity contribution in [3.05, 3.63) is 28.3 Å². The maximum Gasteiger partial charge on any atom is 0.433 e. The molecule has 1 aliphatic rings. The third-order valence-electron chi connectivity index (χ3n) is 4.78. The minimum Gasteiger partial charge on any atom is -0.481 e. The van der Waals surface area contributed by atoms with Crippen molar-refractivity contribution in [2.75, 3.05) is 6.54 Å². The van der Waals surface area contributed by atoms with Gasteiger partial charge in [-0.15, -0.1) is 11.3 Å². The van der Waals surface area contributed by atoms with Crippen molar-refractivity contribution >= 4 is 33.4 Å². The molecule has 2 unspecified atom stereocenters. The van der Waals surface area contributed by atoms with E-state index in [9.17, 15) is 27.9 Å². The highest BCUT2D eigenvalue weighted by molar-refractivity contribution is 7.20. The van der Waals surface area contributed by atoms with Gasteiger partial charge in [-0.05, 0) is 44.4 Å². The first-order valence-corrected chi connectivity index (χ1v) is 8.92. The van der Waals surface area contributed by atoms with Crippen LogP contribution in [-0.2, 0) is 11.0 Å². The number of alkyl halides is 3. The zero-order chi connectivity index (χ0) is 19.2. The van der Waals surface area contributed by atoms with Crippen LogP contribution in [0.5, 0.6) is 0 Å². The van der Waals surface area contributed by atoms with E-state index in [4.69, 9.17) is 0 Å². The largest absolute Gasteiger partial charge is 0.481 e. The number of aromatic nitrogens is 1. The van der Waals surface area contributed by atoms with Crippen molar-refractivity contribution in [3.63, 3.8) is 0 Å². The molecule has 0 bridgehead atoms. The van der Waals surface area contributed by atoms with Crippen molar-refractivity contribution in [2.24, 2.45) is 5.92 Å². The molecule has 1 fully saturated rings. The number of pyridine rings is 1. The Kier molecular flexibility index (Phi) is 4.68. The van der Waals surface area contributed by atoms with Gasteiger partial charge in [-0.3, -0.25) is 9.59 Å². The quantitative estimate of drug-likeness (QED) is 0.849. The Morgan fingerprint density at radius 2 is 2.00 bits per heavy atom. The van der Waals surface area contributed by atoms with Crippen LogP contribution >= 0.6 is 11.3 Å². The molecule has 1 saturated heterocycles. The van der Waals surface area contributed by atoms with E-state index in [2.05, 4.69) is 4.98 Å². The van der Waals surface area contributed by atoms with Crippen molar-refractivity contribution in [1.29, 1.82) is 0 Å². The number of thiophene rings is 1. The second-order valence-corrected chi connectivity index (χ2v) is 7.52. The normalized spacial score (nSPS) is 21.2. The van der Waals surface area contributed by atoms with E-state index < -0.39 is 23.8 Å². The molecule has 0 radical (unpaired) electrons. The minimum absolute atomic E-state index is 0.101. The number of carbonyl (C=O) groups is 2. The molecule has 1 aliphatic heterocycles. The van der Waals surface area contributed by atoms with Crippen LogP contribution in [0.25, 0.3) is 10.2 Å². The number of piperidine rings is 1. The summed E-state index contributed by atoms with van der Waals surface area (Å²) in [4.78, 5) is 29.8. The Balaban J connectivity index is 1.97. The molecular formula is C17H17F3N2O3S. The summed E-state index contributed by atoms with van der Waals surface area (Å²) in [6.07, 6.45) is -3.47. The summed E-state index contributed by atoms with van der Waals surface area (Å²) in [5.74, 6) is -1.92. The SMILES string of the molecule is Cc1c(C(=O)N2CC(C(=O)O)CCC2C)sc2nc(C(F)(F)F)ccc12. The fourth-order valence-electron chi connectivity index (χ4n) is 3.18. The number of aliphatic carboxylic acids is 1. The summed E-state index contributed by atoms with van der Waals surface area (Å²) in [6, 6.07) is 2.11. The van der Waals surface area contributed by atoms with E-state index in [0.29, 0.717) is 28.7 Å². The lowest BCUT2D eigenvalue weighted by Crippen LogP contribution is -2.47. The Labute approximate surface area is 151 Å². The first-order chi connectivity index (χ1) is 12.1. The standard InChI is InChI=1S/C17H17F3N2O3S/c1-8-3-4-10(16(24)25)7-22(8)15(23)13-9(2)11-5-6-12(17(18,19)20)21-14(11)26-13/h5-6,8,10H,3-4,7H2,1-2H3,(H,24,25). The zero-order valence-electron chi connectivity index (χ0n) is 14.1. The minimum atomic E-state index is -4.55. The predicted octanol–water partition coefficient (Wildman–Crippen LogP) is 3.95. The van der Waals surface area contributed by atoms with Gasteiger partial charge in [0.15, 0.2) is 0 Å². The maximum atomic E-state index is 12.9. The molecule has 0 aliphatic carbocycles. The predicted molar refractivity (Wildman–Crippen MR) is 90.2 cm³/mol. The van der Waals surface area contributed by atoms with Crippen molar-refractivity contribution in [2.45, 2.75) is 38.9 Å². The molecule has 140 valence electrons.